The van der Waals surface area contributed by atoms with Crippen LogP contribution in [0.4, 0.5) is 0 Å². The number of fused-ring (bicyclic) bond motifs is 2. The summed E-state index contributed by atoms with van der Waals surface area (Å²) in [5, 5.41) is 1.04. The van der Waals surface area contributed by atoms with Gasteiger partial charge in [-0.2, -0.15) is 11.3 Å². The third-order valence-corrected chi connectivity index (χ3v) is 5.54. The molecule has 162 valence electrons. The van der Waals surface area contributed by atoms with E-state index in [2.05, 4.69) is 28.2 Å². The van der Waals surface area contributed by atoms with E-state index in [9.17, 15) is 0 Å². The van der Waals surface area contributed by atoms with Crippen molar-refractivity contribution in [2.75, 3.05) is 0 Å². The summed E-state index contributed by atoms with van der Waals surface area (Å²) < 4.78 is 6.84. The molecular weight excluding hydrogens is 773 g/mol. The van der Waals surface area contributed by atoms with Crippen LogP contribution in [0.25, 0.3) is 43.3 Å². The number of nitrogens with zero attached hydrogens (tertiary/aromatic N) is 2. The molecule has 0 aliphatic carbocycles. The predicted octanol–water partition coefficient (Wildman–Crippen LogP) is 7.05. The Labute approximate surface area is 217 Å². The maximum absolute atomic E-state index is 5.61. The topological polar surface area (TPSA) is 38.9 Å². The second-order valence-electron chi connectivity index (χ2n) is 6.53. The van der Waals surface area contributed by atoms with Crippen LogP contribution < -0.4 is 0 Å². The Morgan fingerprint density at radius 2 is 1.25 bits per heavy atom. The van der Waals surface area contributed by atoms with Gasteiger partial charge in [0.05, 0.1) is 11.0 Å². The second-order valence-corrected chi connectivity index (χ2v) is 7.56. The van der Waals surface area contributed by atoms with Gasteiger partial charge in [0.2, 0.25) is 0 Å². The summed E-state index contributed by atoms with van der Waals surface area (Å²) in [5.41, 5.74) is 4.71. The van der Waals surface area contributed by atoms with Crippen LogP contribution in [0.1, 0.15) is 0 Å². The largest absolute Gasteiger partial charge is 0.481 e. The first-order valence-corrected chi connectivity index (χ1v) is 10.3. The zero-order chi connectivity index (χ0) is 20.2. The van der Waals surface area contributed by atoms with E-state index in [0.29, 0.717) is 5.89 Å². The molecule has 3 nitrogen and oxygen atoms in total. The van der Waals surface area contributed by atoms with E-state index in [0.717, 1.165) is 32.8 Å². The van der Waals surface area contributed by atoms with Gasteiger partial charge in [-0.1, -0.05) is 29.8 Å². The molecule has 6 aromatic rings. The summed E-state index contributed by atoms with van der Waals surface area (Å²) in [6.45, 7) is 0. The van der Waals surface area contributed by atoms with Crippen LogP contribution in [0.2, 0.25) is 0 Å². The molecule has 0 aliphatic rings. The van der Waals surface area contributed by atoms with Crippen LogP contribution in [-0.2, 0) is 40.2 Å². The van der Waals surface area contributed by atoms with E-state index in [-0.39, 0.29) is 40.2 Å². The van der Waals surface area contributed by atoms with E-state index in [1.807, 2.05) is 91.0 Å². The summed E-state index contributed by atoms with van der Waals surface area (Å²) in [7, 11) is 0. The molecule has 0 saturated carbocycles. The van der Waals surface area contributed by atoms with Crippen molar-refractivity contribution in [1.29, 1.82) is 0 Å². The van der Waals surface area contributed by atoms with Crippen molar-refractivity contribution in [3.05, 3.63) is 109 Å². The van der Waals surface area contributed by atoms with Gasteiger partial charge < -0.3 is 4.42 Å². The average molecular weight is 789 g/mol. The van der Waals surface area contributed by atoms with Crippen molar-refractivity contribution in [3.63, 3.8) is 0 Å². The Bertz CT molecular complexity index is 1220. The Morgan fingerprint density at radius 3 is 1.91 bits per heavy atom. The van der Waals surface area contributed by atoms with Gasteiger partial charge >= 0.3 is 0 Å². The summed E-state index contributed by atoms with van der Waals surface area (Å²) >= 11 is 1.71. The Kier molecular flexibility index (Phi) is 8.63. The summed E-state index contributed by atoms with van der Waals surface area (Å²) in [5.74, 6) is 0.622. The van der Waals surface area contributed by atoms with Gasteiger partial charge in [-0.15, -0.1) is 66.2 Å². The Balaban J connectivity index is 0.000000170. The molecule has 6 rings (SSSR count). The van der Waals surface area contributed by atoms with E-state index in [1.54, 1.807) is 11.3 Å². The molecule has 6 heteroatoms. The minimum Gasteiger partial charge on any atom is -0.481 e. The third-order valence-electron chi connectivity index (χ3n) is 4.47. The molecule has 0 N–H and O–H groups in total. The molecular formula is C26H16Ir2N2OS-2. The molecule has 0 fully saturated rings. The van der Waals surface area contributed by atoms with Crippen molar-refractivity contribution in [2.24, 2.45) is 0 Å². The van der Waals surface area contributed by atoms with Gasteiger partial charge in [-0.05, 0) is 24.3 Å². The van der Waals surface area contributed by atoms with Gasteiger partial charge in [-0.3, -0.25) is 9.97 Å². The molecule has 4 aromatic carbocycles. The van der Waals surface area contributed by atoms with Crippen LogP contribution in [0.15, 0.2) is 101 Å². The van der Waals surface area contributed by atoms with Gasteiger partial charge in [0.1, 0.15) is 11.5 Å². The van der Waals surface area contributed by atoms with Crippen molar-refractivity contribution in [2.45, 2.75) is 0 Å². The maximum Gasteiger partial charge on any atom is 0.141 e. The third kappa shape index (κ3) is 5.47. The number of hydrogen-bond acceptors (Lipinski definition) is 4. The molecule has 2 heterocycles. The number of aromatic nitrogens is 2. The van der Waals surface area contributed by atoms with Crippen LogP contribution in [-0.4, -0.2) is 9.97 Å². The summed E-state index contributed by atoms with van der Waals surface area (Å²) in [4.78, 5) is 8.96. The van der Waals surface area contributed by atoms with E-state index in [4.69, 9.17) is 4.42 Å². The van der Waals surface area contributed by atoms with Crippen molar-refractivity contribution >= 4 is 32.7 Å². The van der Waals surface area contributed by atoms with Crippen LogP contribution in [0, 0.1) is 12.1 Å². The zero-order valence-corrected chi connectivity index (χ0v) is 22.2. The maximum atomic E-state index is 5.61. The Hall–Kier alpha value is -2.46. The fourth-order valence-electron chi connectivity index (χ4n) is 3.03. The molecule has 0 amide bonds. The Morgan fingerprint density at radius 1 is 0.625 bits per heavy atom. The molecule has 32 heavy (non-hydrogen) atoms. The smallest absolute Gasteiger partial charge is 0.141 e. The number of rotatable bonds is 2. The molecule has 0 unspecified atom stereocenters. The first-order chi connectivity index (χ1) is 14.9. The van der Waals surface area contributed by atoms with Crippen LogP contribution in [0.3, 0.4) is 0 Å². The van der Waals surface area contributed by atoms with Gasteiger partial charge in [0, 0.05) is 49.9 Å². The molecule has 2 radical (unpaired) electrons. The average Bonchev–Trinajstić information content (AvgIpc) is 3.45. The van der Waals surface area contributed by atoms with Gasteiger partial charge in [-0.25, -0.2) is 0 Å². The number of hydrogen-bond donors (Lipinski definition) is 0. The standard InChI is InChI=1S/C13H8NO.C13H8NS.2Ir/c2*1-2-6-10(7-3-1)13-14-11-8-4-5-9-12(11)15-13;;/h2*1-6,8-9H;;/q2*-1;;. The summed E-state index contributed by atoms with van der Waals surface area (Å²) in [6.07, 6.45) is 0. The van der Waals surface area contributed by atoms with Crippen LogP contribution >= 0.6 is 11.3 Å². The second kappa shape index (κ2) is 11.4. The SMILES string of the molecule is [Ir].[Ir].[c-]1ccccc1-c1nc2ccccc2o1.[c-]1ccccc1-c1nc2ccccc2s1. The number of thiazole rings is 1. The molecule has 0 bridgehead atoms. The van der Waals surface area contributed by atoms with E-state index >= 15 is 0 Å². The van der Waals surface area contributed by atoms with Gasteiger partial charge in [0.15, 0.2) is 0 Å². The predicted molar refractivity (Wildman–Crippen MR) is 122 cm³/mol. The van der Waals surface area contributed by atoms with Crippen LogP contribution in [0.5, 0.6) is 0 Å². The number of para-hydroxylation sites is 3. The van der Waals surface area contributed by atoms with E-state index < -0.39 is 0 Å². The quantitative estimate of drug-likeness (QED) is 0.177. The molecule has 0 spiro atoms. The fraction of sp³-hybridized carbons (Fsp3) is 0. The van der Waals surface area contributed by atoms with Crippen molar-refractivity contribution in [3.8, 4) is 22.0 Å². The van der Waals surface area contributed by atoms with E-state index in [1.165, 1.54) is 4.70 Å². The van der Waals surface area contributed by atoms with Crippen molar-refractivity contribution < 1.29 is 44.6 Å². The normalized spacial score (nSPS) is 10.0. The van der Waals surface area contributed by atoms with Gasteiger partial charge in [0.25, 0.3) is 0 Å². The fourth-order valence-corrected chi connectivity index (χ4v) is 3.98. The minimum absolute atomic E-state index is 0. The molecule has 0 aliphatic heterocycles. The molecule has 0 atom stereocenters. The number of oxazole rings is 1. The zero-order valence-electron chi connectivity index (χ0n) is 16.6. The monoisotopic (exact) mass is 790 g/mol. The molecule has 0 saturated heterocycles. The summed E-state index contributed by atoms with van der Waals surface area (Å²) in [6, 6.07) is 37.8. The first-order valence-electron chi connectivity index (χ1n) is 9.52. The number of benzene rings is 4. The van der Waals surface area contributed by atoms with Crippen molar-refractivity contribution in [1.82, 2.24) is 9.97 Å². The minimum atomic E-state index is 0. The first kappa shape index (κ1) is 24.2. The molecule has 2 aromatic heterocycles.